The van der Waals surface area contributed by atoms with E-state index in [1.807, 2.05) is 0 Å². The van der Waals surface area contributed by atoms with Gasteiger partial charge in [0.25, 0.3) is 0 Å². The molecule has 0 saturated heterocycles. The van der Waals surface area contributed by atoms with E-state index < -0.39 is 0 Å². The number of hydrogen-bond acceptors (Lipinski definition) is 1. The summed E-state index contributed by atoms with van der Waals surface area (Å²) in [5.74, 6) is 0. The number of rotatable bonds is 0. The maximum absolute atomic E-state index is 5.42. The predicted octanol–water partition coefficient (Wildman–Crippen LogP) is 2.38. The molecule has 0 aliphatic rings. The second-order valence-electron chi connectivity index (χ2n) is 1.10. The fraction of sp³-hybridized carbons (Fsp3) is 0. The summed E-state index contributed by atoms with van der Waals surface area (Å²) in [6, 6.07) is 3.49. The van der Waals surface area contributed by atoms with Gasteiger partial charge in [0, 0.05) is 0 Å². The molecule has 0 bridgehead atoms. The average molecular weight is 258 g/mol. The molecule has 0 radical (unpaired) electrons. The van der Waals surface area contributed by atoms with Crippen LogP contribution in [0.1, 0.15) is 0 Å². The normalized spacial score (nSPS) is 7.56. The molecule has 1 aromatic rings. The van der Waals surface area contributed by atoms with Crippen molar-refractivity contribution < 1.29 is 16.3 Å². The van der Waals surface area contributed by atoms with Crippen LogP contribution in [0.3, 0.4) is 0 Å². The molecule has 0 N–H and O–H groups in total. The van der Waals surface area contributed by atoms with Crippen LogP contribution in [-0.4, -0.2) is 4.98 Å². The van der Waals surface area contributed by atoms with E-state index in [1.165, 1.54) is 16.3 Å². The Morgan fingerprint density at radius 2 is 2.33 bits per heavy atom. The third-order valence-corrected chi connectivity index (χ3v) is 0.785. The fourth-order valence-electron chi connectivity index (χ4n) is 0.307. The van der Waals surface area contributed by atoms with E-state index in [0.29, 0.717) is 5.02 Å². The van der Waals surface area contributed by atoms with Gasteiger partial charge in [-0.15, -0.1) is 17.7 Å². The third-order valence-electron chi connectivity index (χ3n) is 0.575. The maximum atomic E-state index is 5.42. The first-order valence-corrected chi connectivity index (χ1v) is 9.47. The molecule has 0 aliphatic heterocycles. The number of aromatic nitrogens is 1. The molecule has 44 valence electrons. The van der Waals surface area contributed by atoms with Gasteiger partial charge in [-0.05, 0) is 0 Å². The molecule has 1 aromatic heterocycles. The van der Waals surface area contributed by atoms with E-state index in [-0.39, 0.29) is 0 Å². The first-order chi connectivity index (χ1) is 4.39. The van der Waals surface area contributed by atoms with Crippen LogP contribution in [0.2, 0.25) is 5.02 Å². The Balaban J connectivity index is 0.000000291. The molecule has 9 heavy (non-hydrogen) atoms. The standard InChI is InChI=1S/C5H3ClN.BrH.Zn/c6-5-2-1-3-7-4-5;;/h1-3H;1H;/q-1;;+2/p-1. The van der Waals surface area contributed by atoms with Crippen molar-refractivity contribution in [2.75, 3.05) is 0 Å². The molecule has 0 fully saturated rings. The van der Waals surface area contributed by atoms with Gasteiger partial charge in [0.15, 0.2) is 0 Å². The summed E-state index contributed by atoms with van der Waals surface area (Å²) >= 11 is 9.67. The van der Waals surface area contributed by atoms with E-state index >= 15 is 0 Å². The topological polar surface area (TPSA) is 12.9 Å². The minimum absolute atomic E-state index is 0.558. The Kier molecular flexibility index (Phi) is 7.06. The van der Waals surface area contributed by atoms with Crippen LogP contribution >= 0.6 is 25.2 Å². The zero-order valence-electron chi connectivity index (χ0n) is 4.64. The molecule has 1 nitrogen and oxygen atoms in total. The van der Waals surface area contributed by atoms with Crippen molar-refractivity contribution in [2.24, 2.45) is 0 Å². The molecule has 1 rings (SSSR count). The van der Waals surface area contributed by atoms with Crippen LogP contribution in [0, 0.1) is 6.20 Å². The summed E-state index contributed by atoms with van der Waals surface area (Å²) in [6.45, 7) is 0. The molecule has 0 aromatic carbocycles. The van der Waals surface area contributed by atoms with Gasteiger partial charge in [0.05, 0.1) is 0 Å². The Morgan fingerprint density at radius 3 is 2.56 bits per heavy atom. The van der Waals surface area contributed by atoms with Gasteiger partial charge in [-0.1, -0.05) is 17.4 Å². The van der Waals surface area contributed by atoms with E-state index in [0.717, 1.165) is 0 Å². The number of nitrogens with zero attached hydrogens (tertiary/aromatic N) is 1. The first kappa shape index (κ1) is 9.54. The van der Waals surface area contributed by atoms with Gasteiger partial charge in [0.2, 0.25) is 0 Å². The van der Waals surface area contributed by atoms with Crippen molar-refractivity contribution in [3.63, 3.8) is 0 Å². The van der Waals surface area contributed by atoms with Gasteiger partial charge in [-0.3, -0.25) is 0 Å². The first-order valence-electron chi connectivity index (χ1n) is 2.14. The van der Waals surface area contributed by atoms with E-state index in [2.05, 4.69) is 24.8 Å². The van der Waals surface area contributed by atoms with Crippen LogP contribution in [0.15, 0.2) is 18.3 Å². The van der Waals surface area contributed by atoms with Crippen molar-refractivity contribution in [1.82, 2.24) is 4.98 Å². The van der Waals surface area contributed by atoms with Crippen LogP contribution < -0.4 is 0 Å². The average Bonchev–Trinajstić information content (AvgIpc) is 1.94. The van der Waals surface area contributed by atoms with Crippen LogP contribution in [-0.2, 0) is 16.3 Å². The Hall–Kier alpha value is 0.543. The van der Waals surface area contributed by atoms with Crippen molar-refractivity contribution in [1.29, 1.82) is 0 Å². The van der Waals surface area contributed by atoms with Gasteiger partial charge in [-0.2, -0.15) is 6.07 Å². The Bertz CT molecular complexity index is 147. The molecule has 0 spiro atoms. The zero-order valence-corrected chi connectivity index (χ0v) is 9.95. The molecule has 0 saturated carbocycles. The fourth-order valence-corrected chi connectivity index (χ4v) is 0.428. The number of pyridine rings is 1. The van der Waals surface area contributed by atoms with Gasteiger partial charge < -0.3 is 4.98 Å². The monoisotopic (exact) mass is 255 g/mol. The molecule has 0 atom stereocenters. The van der Waals surface area contributed by atoms with E-state index in [9.17, 15) is 0 Å². The van der Waals surface area contributed by atoms with Gasteiger partial charge in [-0.25, -0.2) is 0 Å². The minimum atomic E-state index is 0.558. The quantitative estimate of drug-likeness (QED) is 0.514. The van der Waals surface area contributed by atoms with Crippen molar-refractivity contribution >= 4 is 25.2 Å². The second kappa shape index (κ2) is 6.66. The van der Waals surface area contributed by atoms with E-state index in [1.54, 1.807) is 18.3 Å². The molecule has 4 heteroatoms. The Labute approximate surface area is 75.9 Å². The van der Waals surface area contributed by atoms with Gasteiger partial charge >= 0.3 is 30.0 Å². The summed E-state index contributed by atoms with van der Waals surface area (Å²) in [5, 5.41) is 0.558. The molecule has 0 amide bonds. The third kappa shape index (κ3) is 5.01. The van der Waals surface area contributed by atoms with Crippen molar-refractivity contribution in [3.05, 3.63) is 29.5 Å². The van der Waals surface area contributed by atoms with Crippen molar-refractivity contribution in [3.8, 4) is 0 Å². The predicted molar refractivity (Wildman–Crippen MR) is 37.0 cm³/mol. The molecular formula is C5H3BrClNZn. The molecule has 1 heterocycles. The second-order valence-corrected chi connectivity index (χ2v) is 1.50. The summed E-state index contributed by atoms with van der Waals surface area (Å²) in [6.07, 6.45) is 4.18. The SMILES string of the molecule is Clc1[c-]nccc1.[Zn+][Br]. The molecule has 0 aliphatic carbocycles. The van der Waals surface area contributed by atoms with E-state index in [4.69, 9.17) is 11.6 Å². The summed E-state index contributed by atoms with van der Waals surface area (Å²) in [4.78, 5) is 3.63. The molecular weight excluding hydrogens is 255 g/mol. The Morgan fingerprint density at radius 1 is 1.67 bits per heavy atom. The van der Waals surface area contributed by atoms with Gasteiger partial charge in [0.1, 0.15) is 0 Å². The summed E-state index contributed by atoms with van der Waals surface area (Å²) in [5.41, 5.74) is 0. The number of hydrogen-bond donors (Lipinski definition) is 0. The van der Waals surface area contributed by atoms with Crippen LogP contribution in [0.4, 0.5) is 0 Å². The molecule has 0 unspecified atom stereocenters. The van der Waals surface area contributed by atoms with Crippen molar-refractivity contribution in [2.45, 2.75) is 0 Å². The summed E-state index contributed by atoms with van der Waals surface area (Å²) < 4.78 is 0. The van der Waals surface area contributed by atoms with Crippen LogP contribution in [0.5, 0.6) is 0 Å². The van der Waals surface area contributed by atoms with Crippen LogP contribution in [0.25, 0.3) is 0 Å². The number of halogens is 2. The summed E-state index contributed by atoms with van der Waals surface area (Å²) in [7, 11) is 0. The zero-order chi connectivity index (χ0) is 7.11.